The Morgan fingerprint density at radius 3 is 2.82 bits per heavy atom. The van der Waals surface area contributed by atoms with Gasteiger partial charge in [0.15, 0.2) is 0 Å². The molecular weight excluding hydrogens is 140 g/mol. The van der Waals surface area contributed by atoms with Crippen LogP contribution in [0.2, 0.25) is 0 Å². The van der Waals surface area contributed by atoms with Gasteiger partial charge in [-0.15, -0.1) is 0 Å². The van der Waals surface area contributed by atoms with Gasteiger partial charge in [-0.3, -0.25) is 4.79 Å². The first kappa shape index (κ1) is 8.53. The average Bonchev–Trinajstić information content (AvgIpc) is 2.63. The summed E-state index contributed by atoms with van der Waals surface area (Å²) < 4.78 is 0. The van der Waals surface area contributed by atoms with E-state index in [1.54, 1.807) is 0 Å². The standard InChI is InChI=1S/C8H16N2O/c1-6-4-7(6)5-10-8(11)2-3-9/h6-7H,2-5,9H2,1H3,(H,10,11). The van der Waals surface area contributed by atoms with Gasteiger partial charge in [0.25, 0.3) is 0 Å². The highest BCUT2D eigenvalue weighted by molar-refractivity contribution is 5.76. The highest BCUT2D eigenvalue weighted by Gasteiger charge is 2.32. The zero-order chi connectivity index (χ0) is 8.27. The summed E-state index contributed by atoms with van der Waals surface area (Å²) in [5.74, 6) is 1.64. The van der Waals surface area contributed by atoms with Crippen LogP contribution in [0.25, 0.3) is 0 Å². The van der Waals surface area contributed by atoms with Crippen molar-refractivity contribution in [2.75, 3.05) is 13.1 Å². The number of rotatable bonds is 4. The molecule has 3 nitrogen and oxygen atoms in total. The molecule has 0 aromatic heterocycles. The van der Waals surface area contributed by atoms with Crippen molar-refractivity contribution >= 4 is 5.91 Å². The molecule has 2 unspecified atom stereocenters. The van der Waals surface area contributed by atoms with Crippen LogP contribution in [0.5, 0.6) is 0 Å². The van der Waals surface area contributed by atoms with E-state index >= 15 is 0 Å². The summed E-state index contributed by atoms with van der Waals surface area (Å²) in [4.78, 5) is 10.9. The number of nitrogens with two attached hydrogens (primary N) is 1. The second-order valence-electron chi connectivity index (χ2n) is 3.32. The van der Waals surface area contributed by atoms with Crippen LogP contribution in [0.4, 0.5) is 0 Å². The maximum atomic E-state index is 10.9. The lowest BCUT2D eigenvalue weighted by Gasteiger charge is -2.01. The molecule has 0 spiro atoms. The molecule has 1 saturated carbocycles. The second-order valence-corrected chi connectivity index (χ2v) is 3.32. The quantitative estimate of drug-likeness (QED) is 0.607. The lowest BCUT2D eigenvalue weighted by molar-refractivity contribution is -0.120. The molecule has 0 bridgehead atoms. The van der Waals surface area contributed by atoms with Gasteiger partial charge in [0.1, 0.15) is 0 Å². The fraction of sp³-hybridized carbons (Fsp3) is 0.875. The molecule has 1 amide bonds. The van der Waals surface area contributed by atoms with Crippen LogP contribution in [-0.4, -0.2) is 19.0 Å². The maximum Gasteiger partial charge on any atom is 0.221 e. The van der Waals surface area contributed by atoms with Crippen molar-refractivity contribution in [1.29, 1.82) is 0 Å². The third kappa shape index (κ3) is 2.89. The van der Waals surface area contributed by atoms with Crippen molar-refractivity contribution in [2.45, 2.75) is 19.8 Å². The molecule has 3 N–H and O–H groups in total. The summed E-state index contributed by atoms with van der Waals surface area (Å²) in [5, 5.41) is 2.86. The molecule has 0 aromatic rings. The zero-order valence-corrected chi connectivity index (χ0v) is 6.97. The topological polar surface area (TPSA) is 55.1 Å². The van der Waals surface area contributed by atoms with Gasteiger partial charge >= 0.3 is 0 Å². The molecule has 0 saturated heterocycles. The third-order valence-corrected chi connectivity index (χ3v) is 2.21. The molecule has 0 aromatic carbocycles. The Morgan fingerprint density at radius 1 is 1.73 bits per heavy atom. The van der Waals surface area contributed by atoms with Gasteiger partial charge in [-0.05, 0) is 18.3 Å². The molecule has 1 aliphatic rings. The van der Waals surface area contributed by atoms with Gasteiger partial charge in [0.05, 0.1) is 0 Å². The van der Waals surface area contributed by atoms with Crippen LogP contribution in [0.15, 0.2) is 0 Å². The fourth-order valence-corrected chi connectivity index (χ4v) is 1.15. The Labute approximate surface area is 67.3 Å². The molecule has 11 heavy (non-hydrogen) atoms. The van der Waals surface area contributed by atoms with Gasteiger partial charge in [-0.25, -0.2) is 0 Å². The van der Waals surface area contributed by atoms with E-state index in [0.717, 1.165) is 18.4 Å². The first-order valence-electron chi connectivity index (χ1n) is 4.20. The number of hydrogen-bond acceptors (Lipinski definition) is 2. The summed E-state index contributed by atoms with van der Waals surface area (Å²) in [6, 6.07) is 0. The summed E-state index contributed by atoms with van der Waals surface area (Å²) in [6.45, 7) is 3.51. The van der Waals surface area contributed by atoms with E-state index in [9.17, 15) is 4.79 Å². The number of carbonyl (C=O) groups excluding carboxylic acids is 1. The van der Waals surface area contributed by atoms with Crippen LogP contribution in [-0.2, 0) is 4.79 Å². The highest BCUT2D eigenvalue weighted by atomic mass is 16.1. The largest absolute Gasteiger partial charge is 0.356 e. The molecule has 64 valence electrons. The van der Waals surface area contributed by atoms with Gasteiger partial charge in [-0.1, -0.05) is 6.92 Å². The normalized spacial score (nSPS) is 28.2. The summed E-state index contributed by atoms with van der Waals surface area (Å²) >= 11 is 0. The Kier molecular flexibility index (Phi) is 2.88. The minimum absolute atomic E-state index is 0.0894. The van der Waals surface area contributed by atoms with Crippen molar-refractivity contribution in [3.63, 3.8) is 0 Å². The Morgan fingerprint density at radius 2 is 2.36 bits per heavy atom. The number of nitrogens with one attached hydrogen (secondary N) is 1. The lowest BCUT2D eigenvalue weighted by atomic mass is 10.3. The maximum absolute atomic E-state index is 10.9. The molecule has 0 radical (unpaired) electrons. The summed E-state index contributed by atoms with van der Waals surface area (Å²) in [6.07, 6.45) is 1.73. The van der Waals surface area contributed by atoms with E-state index in [1.165, 1.54) is 6.42 Å². The van der Waals surface area contributed by atoms with Crippen molar-refractivity contribution in [1.82, 2.24) is 5.32 Å². The van der Waals surface area contributed by atoms with E-state index in [1.807, 2.05) is 0 Å². The summed E-state index contributed by atoms with van der Waals surface area (Å²) in [7, 11) is 0. The van der Waals surface area contributed by atoms with Gasteiger partial charge in [0, 0.05) is 19.5 Å². The van der Waals surface area contributed by atoms with Crippen molar-refractivity contribution in [3.8, 4) is 0 Å². The van der Waals surface area contributed by atoms with E-state index in [-0.39, 0.29) is 5.91 Å². The first-order chi connectivity index (χ1) is 5.24. The third-order valence-electron chi connectivity index (χ3n) is 2.21. The van der Waals surface area contributed by atoms with Crippen molar-refractivity contribution in [2.24, 2.45) is 17.6 Å². The van der Waals surface area contributed by atoms with Crippen molar-refractivity contribution < 1.29 is 4.79 Å². The Bertz CT molecular complexity index is 147. The predicted octanol–water partition coefficient (Wildman–Crippen LogP) is 0.107. The van der Waals surface area contributed by atoms with E-state index in [4.69, 9.17) is 5.73 Å². The minimum Gasteiger partial charge on any atom is -0.356 e. The average molecular weight is 156 g/mol. The van der Waals surface area contributed by atoms with Crippen LogP contribution in [0, 0.1) is 11.8 Å². The minimum atomic E-state index is 0.0894. The molecular formula is C8H16N2O. The van der Waals surface area contributed by atoms with E-state index < -0.39 is 0 Å². The molecule has 1 fully saturated rings. The monoisotopic (exact) mass is 156 g/mol. The molecule has 1 rings (SSSR count). The smallest absolute Gasteiger partial charge is 0.221 e. The van der Waals surface area contributed by atoms with Crippen LogP contribution >= 0.6 is 0 Å². The lowest BCUT2D eigenvalue weighted by Crippen LogP contribution is -2.27. The second kappa shape index (κ2) is 3.72. The zero-order valence-electron chi connectivity index (χ0n) is 6.97. The number of amides is 1. The number of hydrogen-bond donors (Lipinski definition) is 2. The van der Waals surface area contributed by atoms with E-state index in [0.29, 0.717) is 13.0 Å². The predicted molar refractivity (Wildman–Crippen MR) is 44.0 cm³/mol. The van der Waals surface area contributed by atoms with Gasteiger partial charge in [0.2, 0.25) is 5.91 Å². The van der Waals surface area contributed by atoms with Crippen LogP contribution < -0.4 is 11.1 Å². The first-order valence-corrected chi connectivity index (χ1v) is 4.20. The summed E-state index contributed by atoms with van der Waals surface area (Å²) in [5.41, 5.74) is 5.22. The Balaban J connectivity index is 1.98. The van der Waals surface area contributed by atoms with Crippen LogP contribution in [0.3, 0.4) is 0 Å². The molecule has 1 aliphatic carbocycles. The van der Waals surface area contributed by atoms with Crippen molar-refractivity contribution in [3.05, 3.63) is 0 Å². The highest BCUT2D eigenvalue weighted by Crippen LogP contribution is 2.36. The fourth-order valence-electron chi connectivity index (χ4n) is 1.15. The van der Waals surface area contributed by atoms with Gasteiger partial charge in [-0.2, -0.15) is 0 Å². The molecule has 0 heterocycles. The Hall–Kier alpha value is -0.570. The van der Waals surface area contributed by atoms with Crippen LogP contribution in [0.1, 0.15) is 19.8 Å². The van der Waals surface area contributed by atoms with E-state index in [2.05, 4.69) is 12.2 Å². The number of carbonyl (C=O) groups is 1. The SMILES string of the molecule is CC1CC1CNC(=O)CCN. The molecule has 2 atom stereocenters. The molecule has 3 heteroatoms. The molecule has 0 aliphatic heterocycles. The van der Waals surface area contributed by atoms with Gasteiger partial charge < -0.3 is 11.1 Å².